The van der Waals surface area contributed by atoms with E-state index in [0.29, 0.717) is 0 Å². The minimum absolute atomic E-state index is 0.0182. The molecule has 0 saturated carbocycles. The molecule has 0 aromatic heterocycles. The van der Waals surface area contributed by atoms with Crippen LogP contribution in [-0.2, 0) is 4.43 Å². The average molecular weight is 457 g/mol. The van der Waals surface area contributed by atoms with Crippen molar-refractivity contribution in [2.24, 2.45) is 5.92 Å². The zero-order valence-corrected chi connectivity index (χ0v) is 22.0. The Morgan fingerprint density at radius 2 is 1.34 bits per heavy atom. The van der Waals surface area contributed by atoms with Crippen molar-refractivity contribution in [1.29, 1.82) is 0 Å². The Bertz CT molecular complexity index is 744. The lowest BCUT2D eigenvalue weighted by Gasteiger charge is -2.45. The van der Waals surface area contributed by atoms with E-state index < -0.39 is 20.0 Å². The molecule has 2 aromatic carbocycles. The smallest absolute Gasteiger partial charge is 0.261 e. The fraction of sp³-hybridized carbons (Fsp3) is 0.571. The summed E-state index contributed by atoms with van der Waals surface area (Å²) >= 11 is 0. The van der Waals surface area contributed by atoms with Crippen molar-refractivity contribution in [2.75, 3.05) is 6.61 Å². The first kappa shape index (κ1) is 26.8. The molecule has 1 unspecified atom stereocenters. The van der Waals surface area contributed by atoms with Gasteiger partial charge in [0.05, 0.1) is 12.7 Å². The van der Waals surface area contributed by atoms with Gasteiger partial charge in [0.1, 0.15) is 5.60 Å². The van der Waals surface area contributed by atoms with Crippen LogP contribution in [0.4, 0.5) is 0 Å². The van der Waals surface area contributed by atoms with Crippen LogP contribution in [0.5, 0.6) is 0 Å². The number of rotatable bonds is 12. The van der Waals surface area contributed by atoms with E-state index in [0.717, 1.165) is 12.8 Å². The maximum Gasteiger partial charge on any atom is 0.261 e. The molecule has 0 aliphatic carbocycles. The fourth-order valence-corrected chi connectivity index (χ4v) is 9.43. The molecule has 2 aromatic rings. The summed E-state index contributed by atoms with van der Waals surface area (Å²) in [7, 11) is -2.75. The topological polar surface area (TPSA) is 49.7 Å². The second-order valence-electron chi connectivity index (χ2n) is 10.6. The van der Waals surface area contributed by atoms with Gasteiger partial charge in [-0.2, -0.15) is 0 Å². The van der Waals surface area contributed by atoms with Crippen LogP contribution in [0.25, 0.3) is 0 Å². The largest absolute Gasteiger partial charge is 0.404 e. The van der Waals surface area contributed by atoms with E-state index in [1.165, 1.54) is 29.6 Å². The molecule has 0 aliphatic rings. The van der Waals surface area contributed by atoms with Crippen molar-refractivity contribution in [1.82, 2.24) is 0 Å². The number of benzene rings is 2. The van der Waals surface area contributed by atoms with Crippen LogP contribution in [0.2, 0.25) is 5.04 Å². The van der Waals surface area contributed by atoms with Gasteiger partial charge in [-0.3, -0.25) is 0 Å². The summed E-state index contributed by atoms with van der Waals surface area (Å²) in [6.45, 7) is 12.7. The van der Waals surface area contributed by atoms with Crippen LogP contribution in [0.15, 0.2) is 60.7 Å². The van der Waals surface area contributed by atoms with Gasteiger partial charge in [0.15, 0.2) is 0 Å². The minimum atomic E-state index is -2.75. The standard InChI is InChI=1S/C28H44O3Si/c1-7-8-9-12-17-23(2)26(29)28(6,30)22-31-32(27(3,4)5,24-18-13-10-14-19-24)25-20-15-11-16-21-25/h10-11,13-16,18-21,23,26,29-30H,7-9,12,17,22H2,1-6H3/t23-,26+,28?/m0/s1. The molecule has 0 bridgehead atoms. The average Bonchev–Trinajstić information content (AvgIpc) is 2.77. The minimum Gasteiger partial charge on any atom is -0.404 e. The second kappa shape index (κ2) is 11.6. The number of aliphatic hydroxyl groups is 2. The molecule has 178 valence electrons. The van der Waals surface area contributed by atoms with Gasteiger partial charge >= 0.3 is 0 Å². The van der Waals surface area contributed by atoms with E-state index in [4.69, 9.17) is 4.43 Å². The van der Waals surface area contributed by atoms with Crippen LogP contribution >= 0.6 is 0 Å². The van der Waals surface area contributed by atoms with Gasteiger partial charge in [-0.25, -0.2) is 0 Å². The molecule has 0 heterocycles. The molecule has 0 fully saturated rings. The molecular weight excluding hydrogens is 412 g/mol. The van der Waals surface area contributed by atoms with Gasteiger partial charge in [0, 0.05) is 0 Å². The monoisotopic (exact) mass is 456 g/mol. The maximum absolute atomic E-state index is 11.3. The van der Waals surface area contributed by atoms with Gasteiger partial charge < -0.3 is 14.6 Å². The van der Waals surface area contributed by atoms with E-state index in [-0.39, 0.29) is 17.6 Å². The Kier molecular flexibility index (Phi) is 9.71. The Morgan fingerprint density at radius 3 is 1.78 bits per heavy atom. The third-order valence-electron chi connectivity index (χ3n) is 6.69. The summed E-state index contributed by atoms with van der Waals surface area (Å²) in [4.78, 5) is 0. The normalized spacial score (nSPS) is 16.4. The molecule has 4 heteroatoms. The highest BCUT2D eigenvalue weighted by molar-refractivity contribution is 6.99. The molecule has 0 spiro atoms. The molecule has 2 rings (SSSR count). The molecule has 0 saturated heterocycles. The van der Waals surface area contributed by atoms with E-state index in [1.807, 2.05) is 19.1 Å². The Hall–Kier alpha value is -1.46. The Balaban J connectivity index is 2.32. The van der Waals surface area contributed by atoms with Crippen LogP contribution in [0, 0.1) is 5.92 Å². The highest BCUT2D eigenvalue weighted by atomic mass is 28.4. The molecular formula is C28H44O3Si. The van der Waals surface area contributed by atoms with Gasteiger partial charge in [0.2, 0.25) is 0 Å². The van der Waals surface area contributed by atoms with Gasteiger partial charge in [-0.1, -0.05) is 121 Å². The summed E-state index contributed by atoms with van der Waals surface area (Å²) in [6.07, 6.45) is 4.75. The van der Waals surface area contributed by atoms with Crippen LogP contribution in [0.3, 0.4) is 0 Å². The highest BCUT2D eigenvalue weighted by Crippen LogP contribution is 2.37. The lowest BCUT2D eigenvalue weighted by molar-refractivity contribution is -0.109. The zero-order valence-electron chi connectivity index (χ0n) is 21.0. The summed E-state index contributed by atoms with van der Waals surface area (Å²) in [5, 5.41) is 24.5. The summed E-state index contributed by atoms with van der Waals surface area (Å²) in [5.41, 5.74) is -1.32. The quantitative estimate of drug-likeness (QED) is 0.337. The van der Waals surface area contributed by atoms with Crippen LogP contribution < -0.4 is 10.4 Å². The molecule has 0 amide bonds. The van der Waals surface area contributed by atoms with E-state index in [2.05, 4.69) is 76.2 Å². The number of aliphatic hydroxyl groups excluding tert-OH is 1. The predicted molar refractivity (Wildman–Crippen MR) is 138 cm³/mol. The van der Waals surface area contributed by atoms with Crippen LogP contribution in [-0.4, -0.2) is 36.8 Å². The molecule has 3 atom stereocenters. The first-order valence-corrected chi connectivity index (χ1v) is 14.1. The summed E-state index contributed by atoms with van der Waals surface area (Å²) in [5.74, 6) is 0.0182. The highest BCUT2D eigenvalue weighted by Gasteiger charge is 2.51. The van der Waals surface area contributed by atoms with Gasteiger partial charge in [-0.05, 0) is 34.7 Å². The zero-order chi connectivity index (χ0) is 23.8. The van der Waals surface area contributed by atoms with Gasteiger partial charge in [-0.15, -0.1) is 0 Å². The van der Waals surface area contributed by atoms with E-state index in [9.17, 15) is 10.2 Å². The number of hydrogen-bond acceptors (Lipinski definition) is 3. The SMILES string of the molecule is CCCCCC[C@H](C)[C@@H](O)C(C)(O)CO[Si](c1ccccc1)(c1ccccc1)C(C)(C)C. The fourth-order valence-electron chi connectivity index (χ4n) is 4.77. The predicted octanol–water partition coefficient (Wildman–Crippen LogP) is 5.28. The van der Waals surface area contributed by atoms with Crippen molar-refractivity contribution in [3.05, 3.63) is 60.7 Å². The first-order chi connectivity index (χ1) is 15.1. The lowest BCUT2D eigenvalue weighted by Crippen LogP contribution is -2.68. The number of hydrogen-bond donors (Lipinski definition) is 2. The maximum atomic E-state index is 11.3. The van der Waals surface area contributed by atoms with Crippen molar-refractivity contribution < 1.29 is 14.6 Å². The van der Waals surface area contributed by atoms with Crippen molar-refractivity contribution in [3.63, 3.8) is 0 Å². The third kappa shape index (κ3) is 6.32. The van der Waals surface area contributed by atoms with E-state index in [1.54, 1.807) is 6.92 Å². The summed E-state index contributed by atoms with van der Waals surface area (Å²) < 4.78 is 6.87. The molecule has 0 aliphatic heterocycles. The molecule has 32 heavy (non-hydrogen) atoms. The van der Waals surface area contributed by atoms with Gasteiger partial charge in [0.25, 0.3) is 8.32 Å². The number of unbranched alkanes of at least 4 members (excludes halogenated alkanes) is 3. The van der Waals surface area contributed by atoms with Crippen LogP contribution in [0.1, 0.15) is 73.6 Å². The second-order valence-corrected chi connectivity index (χ2v) is 14.9. The Morgan fingerprint density at radius 1 is 0.844 bits per heavy atom. The van der Waals surface area contributed by atoms with Crippen molar-refractivity contribution >= 4 is 18.7 Å². The third-order valence-corrected chi connectivity index (χ3v) is 11.7. The Labute approximate surface area is 197 Å². The van der Waals surface area contributed by atoms with Crippen molar-refractivity contribution in [2.45, 2.75) is 90.4 Å². The molecule has 0 radical (unpaired) electrons. The van der Waals surface area contributed by atoms with E-state index >= 15 is 0 Å². The first-order valence-electron chi connectivity index (χ1n) is 12.2. The van der Waals surface area contributed by atoms with Crippen molar-refractivity contribution in [3.8, 4) is 0 Å². The molecule has 3 nitrogen and oxygen atoms in total. The summed E-state index contributed by atoms with van der Waals surface area (Å²) in [6, 6.07) is 20.9. The molecule has 2 N–H and O–H groups in total. The lowest BCUT2D eigenvalue weighted by atomic mass is 9.87.